The molecule has 1 fully saturated rings. The van der Waals surface area contributed by atoms with Gasteiger partial charge in [0.2, 0.25) is 0 Å². The van der Waals surface area contributed by atoms with Crippen LogP contribution in [0.15, 0.2) is 55.0 Å². The predicted octanol–water partition coefficient (Wildman–Crippen LogP) is 4.50. The van der Waals surface area contributed by atoms with Crippen molar-refractivity contribution in [1.82, 2.24) is 28.6 Å². The van der Waals surface area contributed by atoms with Crippen molar-refractivity contribution in [3.05, 3.63) is 76.7 Å². The summed E-state index contributed by atoms with van der Waals surface area (Å²) >= 11 is 5.79. The van der Waals surface area contributed by atoms with E-state index in [0.717, 1.165) is 54.5 Å². The van der Waals surface area contributed by atoms with Gasteiger partial charge in [-0.15, -0.1) is 10.2 Å². The van der Waals surface area contributed by atoms with Crippen molar-refractivity contribution < 1.29 is 0 Å². The topological polar surface area (TPSA) is 43.3 Å². The van der Waals surface area contributed by atoms with Gasteiger partial charge in [-0.05, 0) is 62.7 Å². The van der Waals surface area contributed by atoms with E-state index < -0.39 is 0 Å². The highest BCUT2D eigenvalue weighted by molar-refractivity contribution is 7.71. The van der Waals surface area contributed by atoms with E-state index >= 15 is 0 Å². The van der Waals surface area contributed by atoms with Gasteiger partial charge in [0.25, 0.3) is 0 Å². The molecule has 0 amide bonds. The summed E-state index contributed by atoms with van der Waals surface area (Å²) in [7, 11) is 0. The zero-order valence-electron chi connectivity index (χ0n) is 17.4. The smallest absolute Gasteiger partial charge is 0.185 e. The first-order valence-corrected chi connectivity index (χ1v) is 10.9. The Morgan fingerprint density at radius 1 is 1.00 bits per heavy atom. The van der Waals surface area contributed by atoms with Gasteiger partial charge >= 0.3 is 0 Å². The van der Waals surface area contributed by atoms with E-state index in [2.05, 4.69) is 79.3 Å². The van der Waals surface area contributed by atoms with Gasteiger partial charge in [0, 0.05) is 37.6 Å². The van der Waals surface area contributed by atoms with Gasteiger partial charge in [0.05, 0.1) is 12.4 Å². The largest absolute Gasteiger partial charge is 0.310 e. The lowest BCUT2D eigenvalue weighted by atomic mass is 9.96. The third kappa shape index (κ3) is 3.48. The zero-order chi connectivity index (χ0) is 20.7. The second kappa shape index (κ2) is 7.81. The molecule has 7 heteroatoms. The van der Waals surface area contributed by atoms with Crippen LogP contribution in [-0.4, -0.2) is 41.7 Å². The number of hydrogen-bond donors (Lipinski definition) is 0. The molecule has 3 aromatic heterocycles. The molecule has 4 heterocycles. The summed E-state index contributed by atoms with van der Waals surface area (Å²) in [5.74, 6) is 1.54. The lowest BCUT2D eigenvalue weighted by molar-refractivity contribution is 0.166. The molecular formula is C23H26N6S. The van der Waals surface area contributed by atoms with Crippen molar-refractivity contribution in [1.29, 1.82) is 0 Å². The van der Waals surface area contributed by atoms with E-state index in [1.54, 1.807) is 0 Å². The van der Waals surface area contributed by atoms with E-state index in [1.165, 1.54) is 11.1 Å². The summed E-state index contributed by atoms with van der Waals surface area (Å²) in [6.45, 7) is 7.14. The molecule has 6 nitrogen and oxygen atoms in total. The van der Waals surface area contributed by atoms with Gasteiger partial charge in [0.15, 0.2) is 10.4 Å². The van der Waals surface area contributed by atoms with E-state index in [9.17, 15) is 0 Å². The minimum absolute atomic E-state index is 0.450. The Kier molecular flexibility index (Phi) is 5.00. The molecule has 1 aliphatic rings. The Balaban J connectivity index is 1.28. The Morgan fingerprint density at radius 3 is 2.63 bits per heavy atom. The van der Waals surface area contributed by atoms with Crippen molar-refractivity contribution in [2.24, 2.45) is 0 Å². The van der Waals surface area contributed by atoms with E-state index in [0.29, 0.717) is 5.92 Å². The molecule has 154 valence electrons. The summed E-state index contributed by atoms with van der Waals surface area (Å²) in [5, 5.41) is 8.78. The number of pyridine rings is 1. The molecule has 0 N–H and O–H groups in total. The fourth-order valence-electron chi connectivity index (χ4n) is 4.47. The zero-order valence-corrected chi connectivity index (χ0v) is 18.2. The van der Waals surface area contributed by atoms with Crippen LogP contribution in [0.3, 0.4) is 0 Å². The third-order valence-corrected chi connectivity index (χ3v) is 6.54. The summed E-state index contributed by atoms with van der Waals surface area (Å²) < 4.78 is 7.24. The van der Waals surface area contributed by atoms with Crippen LogP contribution < -0.4 is 0 Å². The highest BCUT2D eigenvalue weighted by atomic mass is 32.1. The normalized spacial score (nSPS) is 15.8. The van der Waals surface area contributed by atoms with Crippen molar-refractivity contribution in [3.8, 4) is 5.69 Å². The third-order valence-electron chi connectivity index (χ3n) is 6.10. The number of likely N-dealkylation sites (tertiary alicyclic amines) is 1. The van der Waals surface area contributed by atoms with E-state index in [-0.39, 0.29) is 0 Å². The Hall–Kier alpha value is -2.77. The number of nitrogens with zero attached hydrogens (tertiary/aromatic N) is 6. The first kappa shape index (κ1) is 19.2. The first-order chi connectivity index (χ1) is 14.6. The molecule has 5 rings (SSSR count). The predicted molar refractivity (Wildman–Crippen MR) is 121 cm³/mol. The Morgan fingerprint density at radius 2 is 1.83 bits per heavy atom. The minimum Gasteiger partial charge on any atom is -0.310 e. The lowest BCUT2D eigenvalue weighted by Gasteiger charge is -2.31. The molecule has 0 saturated carbocycles. The summed E-state index contributed by atoms with van der Waals surface area (Å²) in [5.41, 5.74) is 4.59. The van der Waals surface area contributed by atoms with Crippen molar-refractivity contribution in [2.45, 2.75) is 39.3 Å². The first-order valence-electron chi connectivity index (χ1n) is 10.5. The standard InChI is InChI=1S/C23H26N6S/c1-17-6-7-20(18(2)15-17)28-14-13-27(23(28)30)16-26-11-8-19(9-12-26)22-25-24-21-5-3-4-10-29(21)22/h3-7,10,13-15,19H,8-9,11-12,16H2,1-2H3. The molecule has 4 aromatic rings. The van der Waals surface area contributed by atoms with Crippen molar-refractivity contribution >= 4 is 17.9 Å². The molecule has 0 atom stereocenters. The molecule has 0 spiro atoms. The Labute approximate surface area is 181 Å². The van der Waals surface area contributed by atoms with Crippen LogP contribution in [-0.2, 0) is 6.67 Å². The van der Waals surface area contributed by atoms with Crippen molar-refractivity contribution in [2.75, 3.05) is 13.1 Å². The average molecular weight is 419 g/mol. The maximum absolute atomic E-state index is 5.79. The van der Waals surface area contributed by atoms with Crippen LogP contribution in [0.25, 0.3) is 11.3 Å². The minimum atomic E-state index is 0.450. The highest BCUT2D eigenvalue weighted by Gasteiger charge is 2.24. The number of imidazole rings is 1. The number of aryl methyl sites for hydroxylation is 2. The Bertz CT molecular complexity index is 1240. The van der Waals surface area contributed by atoms with Crippen LogP contribution in [0, 0.1) is 18.6 Å². The molecule has 0 bridgehead atoms. The van der Waals surface area contributed by atoms with Gasteiger partial charge in [-0.1, -0.05) is 23.8 Å². The molecule has 0 unspecified atom stereocenters. The fourth-order valence-corrected chi connectivity index (χ4v) is 4.74. The van der Waals surface area contributed by atoms with Gasteiger partial charge in [-0.2, -0.15) is 0 Å². The second-order valence-corrected chi connectivity index (χ2v) is 8.60. The SMILES string of the molecule is Cc1ccc(-n2ccn(CN3CCC(c4nnc5ccccn45)CC3)c2=S)c(C)c1. The second-order valence-electron chi connectivity index (χ2n) is 8.23. The lowest BCUT2D eigenvalue weighted by Crippen LogP contribution is -2.34. The van der Waals surface area contributed by atoms with Crippen LogP contribution in [0.4, 0.5) is 0 Å². The molecule has 0 radical (unpaired) electrons. The molecule has 1 aromatic carbocycles. The summed E-state index contributed by atoms with van der Waals surface area (Å²) in [4.78, 5) is 2.47. The molecular weight excluding hydrogens is 392 g/mol. The molecule has 0 aliphatic carbocycles. The van der Waals surface area contributed by atoms with Gasteiger partial charge in [-0.25, -0.2) is 0 Å². The number of benzene rings is 1. The fraction of sp³-hybridized carbons (Fsp3) is 0.348. The van der Waals surface area contributed by atoms with E-state index in [1.807, 2.05) is 18.2 Å². The van der Waals surface area contributed by atoms with Gasteiger partial charge in [0.1, 0.15) is 5.82 Å². The number of piperidine rings is 1. The van der Waals surface area contributed by atoms with Crippen molar-refractivity contribution in [3.63, 3.8) is 0 Å². The van der Waals surface area contributed by atoms with Crippen LogP contribution in [0.5, 0.6) is 0 Å². The number of rotatable bonds is 4. The molecule has 1 aliphatic heterocycles. The average Bonchev–Trinajstić information content (AvgIpc) is 3.33. The maximum Gasteiger partial charge on any atom is 0.185 e. The number of aromatic nitrogens is 5. The number of fused-ring (bicyclic) bond motifs is 1. The summed E-state index contributed by atoms with van der Waals surface area (Å²) in [6, 6.07) is 12.5. The highest BCUT2D eigenvalue weighted by Crippen LogP contribution is 2.27. The van der Waals surface area contributed by atoms with Crippen LogP contribution >= 0.6 is 12.2 Å². The quantitative estimate of drug-likeness (QED) is 0.458. The van der Waals surface area contributed by atoms with Gasteiger partial charge < -0.3 is 4.57 Å². The van der Waals surface area contributed by atoms with Gasteiger partial charge in [-0.3, -0.25) is 13.9 Å². The van der Waals surface area contributed by atoms with E-state index in [4.69, 9.17) is 12.2 Å². The molecule has 1 saturated heterocycles. The molecule has 30 heavy (non-hydrogen) atoms. The van der Waals surface area contributed by atoms with Crippen LogP contribution in [0.2, 0.25) is 0 Å². The monoisotopic (exact) mass is 418 g/mol. The number of hydrogen-bond acceptors (Lipinski definition) is 4. The maximum atomic E-state index is 5.79. The van der Waals surface area contributed by atoms with Crippen LogP contribution in [0.1, 0.15) is 35.7 Å². The summed E-state index contributed by atoms with van der Waals surface area (Å²) in [6.07, 6.45) is 8.41.